The first-order valence-electron chi connectivity index (χ1n) is 10.8. The lowest BCUT2D eigenvalue weighted by atomic mass is 10.1. The Labute approximate surface area is 192 Å². The Balaban J connectivity index is 1.57. The standard InChI is InChI=1S/C28H24N4O/c1-19(29)16-20(2)31-21-8-7-9-22(17-21)33-23-13-14-25-24-10-3-4-11-26(24)32(27(25)18-23)28-12-5-6-15-30-28/h3-18H,29H2,1-2H3. The van der Waals surface area contributed by atoms with Crippen molar-refractivity contribution in [2.45, 2.75) is 13.8 Å². The highest BCUT2D eigenvalue weighted by molar-refractivity contribution is 6.09. The molecule has 5 heteroatoms. The molecule has 0 saturated heterocycles. The number of ether oxygens (including phenoxy) is 1. The molecule has 0 spiro atoms. The predicted octanol–water partition coefficient (Wildman–Crippen LogP) is 6.93. The Kier molecular flexibility index (Phi) is 5.37. The zero-order chi connectivity index (χ0) is 22.8. The molecule has 0 saturated carbocycles. The van der Waals surface area contributed by atoms with Crippen LogP contribution in [0.4, 0.5) is 5.69 Å². The Morgan fingerprint density at radius 1 is 0.848 bits per heavy atom. The fourth-order valence-electron chi connectivity index (χ4n) is 4.06. The number of pyridine rings is 1. The highest BCUT2D eigenvalue weighted by Crippen LogP contribution is 2.35. The summed E-state index contributed by atoms with van der Waals surface area (Å²) >= 11 is 0. The van der Waals surface area contributed by atoms with Gasteiger partial charge in [0, 0.05) is 40.5 Å². The lowest BCUT2D eigenvalue weighted by Gasteiger charge is -2.09. The van der Waals surface area contributed by atoms with Gasteiger partial charge in [-0.05, 0) is 62.4 Å². The van der Waals surface area contributed by atoms with Gasteiger partial charge in [-0.1, -0.05) is 30.3 Å². The van der Waals surface area contributed by atoms with Crippen molar-refractivity contribution in [3.8, 4) is 17.3 Å². The van der Waals surface area contributed by atoms with Crippen LogP contribution in [0.15, 0.2) is 108 Å². The van der Waals surface area contributed by atoms with Gasteiger partial charge in [0.2, 0.25) is 0 Å². The van der Waals surface area contributed by atoms with Crippen molar-refractivity contribution >= 4 is 33.2 Å². The number of para-hydroxylation sites is 1. The quantitative estimate of drug-likeness (QED) is 0.306. The molecule has 2 heterocycles. The van der Waals surface area contributed by atoms with Crippen LogP contribution in [0.2, 0.25) is 0 Å². The topological polar surface area (TPSA) is 65.4 Å². The molecule has 3 aromatic carbocycles. The zero-order valence-electron chi connectivity index (χ0n) is 18.6. The molecule has 2 N–H and O–H groups in total. The van der Waals surface area contributed by atoms with Crippen molar-refractivity contribution in [2.24, 2.45) is 10.7 Å². The fourth-order valence-corrected chi connectivity index (χ4v) is 4.06. The van der Waals surface area contributed by atoms with Crippen molar-refractivity contribution in [3.63, 3.8) is 0 Å². The highest BCUT2D eigenvalue weighted by atomic mass is 16.5. The summed E-state index contributed by atoms with van der Waals surface area (Å²) < 4.78 is 8.40. The van der Waals surface area contributed by atoms with Gasteiger partial charge < -0.3 is 10.5 Å². The maximum absolute atomic E-state index is 6.23. The monoisotopic (exact) mass is 432 g/mol. The minimum Gasteiger partial charge on any atom is -0.457 e. The van der Waals surface area contributed by atoms with E-state index in [1.54, 1.807) is 0 Å². The number of hydrogen-bond donors (Lipinski definition) is 1. The third kappa shape index (κ3) is 4.21. The van der Waals surface area contributed by atoms with Crippen molar-refractivity contribution < 1.29 is 4.74 Å². The third-order valence-corrected chi connectivity index (χ3v) is 5.32. The van der Waals surface area contributed by atoms with E-state index < -0.39 is 0 Å². The molecule has 0 fully saturated rings. The van der Waals surface area contributed by atoms with Crippen LogP contribution in [0.3, 0.4) is 0 Å². The normalized spacial score (nSPS) is 12.4. The second-order valence-electron chi connectivity index (χ2n) is 7.96. The fraction of sp³-hybridized carbons (Fsp3) is 0.0714. The van der Waals surface area contributed by atoms with Gasteiger partial charge >= 0.3 is 0 Å². The summed E-state index contributed by atoms with van der Waals surface area (Å²) in [6.45, 7) is 3.77. The molecule has 0 aliphatic carbocycles. The van der Waals surface area contributed by atoms with Gasteiger partial charge in [-0.3, -0.25) is 9.56 Å². The number of benzene rings is 3. The molecule has 2 aromatic heterocycles. The van der Waals surface area contributed by atoms with Gasteiger partial charge in [0.25, 0.3) is 0 Å². The molecule has 5 rings (SSSR count). The van der Waals surface area contributed by atoms with Crippen LogP contribution in [0, 0.1) is 0 Å². The van der Waals surface area contributed by atoms with Gasteiger partial charge in [0.1, 0.15) is 17.3 Å². The number of nitrogens with two attached hydrogens (primary N) is 1. The Morgan fingerprint density at radius 3 is 2.45 bits per heavy atom. The zero-order valence-corrected chi connectivity index (χ0v) is 18.6. The minimum absolute atomic E-state index is 0.720. The predicted molar refractivity (Wildman–Crippen MR) is 136 cm³/mol. The van der Waals surface area contributed by atoms with Crippen molar-refractivity contribution in [2.75, 3.05) is 0 Å². The largest absolute Gasteiger partial charge is 0.457 e. The Hall–Kier alpha value is -4.38. The van der Waals surface area contributed by atoms with E-state index in [1.807, 2.05) is 80.7 Å². The maximum Gasteiger partial charge on any atom is 0.137 e. The maximum atomic E-state index is 6.23. The van der Waals surface area contributed by atoms with Gasteiger partial charge in [-0.15, -0.1) is 0 Å². The summed E-state index contributed by atoms with van der Waals surface area (Å²) in [5, 5.41) is 2.33. The molecule has 0 atom stereocenters. The van der Waals surface area contributed by atoms with E-state index >= 15 is 0 Å². The molecule has 0 bridgehead atoms. The second kappa shape index (κ2) is 8.63. The number of nitrogens with zero attached hydrogens (tertiary/aromatic N) is 3. The van der Waals surface area contributed by atoms with Gasteiger partial charge in [0.05, 0.1) is 16.7 Å². The van der Waals surface area contributed by atoms with Crippen LogP contribution < -0.4 is 10.5 Å². The van der Waals surface area contributed by atoms with Crippen LogP contribution in [0.5, 0.6) is 11.5 Å². The van der Waals surface area contributed by atoms with Crippen molar-refractivity contribution in [3.05, 3.63) is 103 Å². The third-order valence-electron chi connectivity index (χ3n) is 5.32. The van der Waals surface area contributed by atoms with Crippen molar-refractivity contribution in [1.29, 1.82) is 0 Å². The van der Waals surface area contributed by atoms with Crippen LogP contribution in [0.1, 0.15) is 13.8 Å². The number of allylic oxidation sites excluding steroid dienone is 2. The molecule has 0 aliphatic rings. The van der Waals surface area contributed by atoms with E-state index in [2.05, 4.69) is 44.9 Å². The van der Waals surface area contributed by atoms with Crippen LogP contribution >= 0.6 is 0 Å². The summed E-state index contributed by atoms with van der Waals surface area (Å²) in [5.74, 6) is 2.34. The molecule has 5 aromatic rings. The van der Waals surface area contributed by atoms with Gasteiger partial charge in [-0.2, -0.15) is 0 Å². The lowest BCUT2D eigenvalue weighted by Crippen LogP contribution is -1.96. The summed E-state index contributed by atoms with van der Waals surface area (Å²) in [5.41, 5.74) is 10.3. The van der Waals surface area contributed by atoms with Crippen molar-refractivity contribution in [1.82, 2.24) is 9.55 Å². The molecule has 162 valence electrons. The average Bonchev–Trinajstić information content (AvgIpc) is 3.13. The first-order chi connectivity index (χ1) is 16.1. The molecule has 0 radical (unpaired) electrons. The van der Waals surface area contributed by atoms with Crippen LogP contribution in [-0.4, -0.2) is 15.3 Å². The Morgan fingerprint density at radius 2 is 1.64 bits per heavy atom. The molecule has 0 unspecified atom stereocenters. The van der Waals surface area contributed by atoms with E-state index in [4.69, 9.17) is 10.5 Å². The molecule has 33 heavy (non-hydrogen) atoms. The van der Waals surface area contributed by atoms with Crippen LogP contribution in [0.25, 0.3) is 27.6 Å². The average molecular weight is 433 g/mol. The summed E-state index contributed by atoms with van der Waals surface area (Å²) in [7, 11) is 0. The number of aliphatic imine (C=N–C) groups is 1. The number of hydrogen-bond acceptors (Lipinski definition) is 4. The highest BCUT2D eigenvalue weighted by Gasteiger charge is 2.13. The summed E-state index contributed by atoms with van der Waals surface area (Å²) in [6.07, 6.45) is 3.66. The SMILES string of the molecule is CC(N)=CC(C)=Nc1cccc(Oc2ccc3c4ccccc4n(-c4ccccn4)c3c2)c1. The number of rotatable bonds is 5. The first-order valence-corrected chi connectivity index (χ1v) is 10.8. The van der Waals surface area contributed by atoms with Gasteiger partial charge in [0.15, 0.2) is 0 Å². The van der Waals surface area contributed by atoms with Crippen LogP contribution in [-0.2, 0) is 0 Å². The summed E-state index contributed by atoms with van der Waals surface area (Å²) in [6, 6.07) is 28.2. The Bertz CT molecular complexity index is 1510. The number of fused-ring (bicyclic) bond motifs is 3. The molecule has 5 nitrogen and oxygen atoms in total. The van der Waals surface area contributed by atoms with E-state index in [-0.39, 0.29) is 0 Å². The molecular formula is C28H24N4O. The summed E-state index contributed by atoms with van der Waals surface area (Å²) in [4.78, 5) is 9.19. The second-order valence-corrected chi connectivity index (χ2v) is 7.96. The van der Waals surface area contributed by atoms with E-state index in [9.17, 15) is 0 Å². The molecular weight excluding hydrogens is 408 g/mol. The lowest BCUT2D eigenvalue weighted by molar-refractivity contribution is 0.483. The van der Waals surface area contributed by atoms with E-state index in [1.165, 1.54) is 5.39 Å². The van der Waals surface area contributed by atoms with Gasteiger partial charge in [-0.25, -0.2) is 4.98 Å². The molecule has 0 amide bonds. The molecule has 0 aliphatic heterocycles. The first kappa shape index (κ1) is 20.5. The van der Waals surface area contributed by atoms with E-state index in [0.29, 0.717) is 0 Å². The smallest absolute Gasteiger partial charge is 0.137 e. The number of aromatic nitrogens is 2. The van der Waals surface area contributed by atoms with E-state index in [0.717, 1.165) is 50.8 Å². The minimum atomic E-state index is 0.720.